The number of rotatable bonds is 9. The minimum Gasteiger partial charge on any atom is -0.460 e. The highest BCUT2D eigenvalue weighted by molar-refractivity contribution is 7.80. The van der Waals surface area contributed by atoms with E-state index in [0.717, 1.165) is 17.7 Å². The number of carbonyl (C=O) groups is 2. The molecule has 0 saturated heterocycles. The third-order valence-electron chi connectivity index (χ3n) is 5.49. The van der Waals surface area contributed by atoms with E-state index in [-0.39, 0.29) is 23.8 Å². The molecule has 1 amide bonds. The summed E-state index contributed by atoms with van der Waals surface area (Å²) in [4.78, 5) is 27.3. The van der Waals surface area contributed by atoms with Crippen LogP contribution in [0.2, 0.25) is 0 Å². The number of ether oxygens (including phenoxy) is 2. The van der Waals surface area contributed by atoms with Crippen molar-refractivity contribution in [2.45, 2.75) is 53.5 Å². The first-order valence-electron chi connectivity index (χ1n) is 11.2. The average molecular weight is 476 g/mol. The molecule has 1 aromatic carbocycles. The summed E-state index contributed by atoms with van der Waals surface area (Å²) in [5.41, 5.74) is 2.86. The highest BCUT2D eigenvalue weighted by Crippen LogP contribution is 2.32. The molecule has 33 heavy (non-hydrogen) atoms. The molecule has 0 saturated carbocycles. The molecule has 2 rings (SSSR count). The predicted molar refractivity (Wildman–Crippen MR) is 135 cm³/mol. The molecule has 0 aliphatic carbocycles. The lowest BCUT2D eigenvalue weighted by atomic mass is 9.84. The van der Waals surface area contributed by atoms with Crippen LogP contribution in [0, 0.1) is 11.3 Å². The minimum atomic E-state index is -0.486. The number of esters is 1. The second-order valence-corrected chi connectivity index (χ2v) is 10.2. The van der Waals surface area contributed by atoms with E-state index in [1.807, 2.05) is 31.2 Å². The van der Waals surface area contributed by atoms with Crippen molar-refractivity contribution >= 4 is 34.9 Å². The number of benzene rings is 1. The number of hydrogen-bond donors (Lipinski definition) is 2. The van der Waals surface area contributed by atoms with Gasteiger partial charge in [0.2, 0.25) is 5.91 Å². The Kier molecular flexibility index (Phi) is 9.43. The van der Waals surface area contributed by atoms with Crippen LogP contribution in [0.4, 0.5) is 5.69 Å². The second-order valence-electron chi connectivity index (χ2n) is 9.82. The summed E-state index contributed by atoms with van der Waals surface area (Å²) in [6, 6.07) is 6.99. The van der Waals surface area contributed by atoms with E-state index in [4.69, 9.17) is 21.7 Å². The fraction of sp³-hybridized carbons (Fsp3) is 0.560. The van der Waals surface area contributed by atoms with Crippen LogP contribution in [-0.2, 0) is 19.1 Å². The molecule has 0 spiro atoms. The number of anilines is 1. The van der Waals surface area contributed by atoms with E-state index >= 15 is 0 Å². The van der Waals surface area contributed by atoms with E-state index in [9.17, 15) is 9.59 Å². The molecule has 2 N–H and O–H groups in total. The Balaban J connectivity index is 2.22. The number of thiocarbonyl (C=S) groups is 1. The number of carbonyl (C=O) groups excluding carboxylic acids is 2. The summed E-state index contributed by atoms with van der Waals surface area (Å²) in [5.74, 6) is -0.177. The monoisotopic (exact) mass is 475 g/mol. The zero-order chi connectivity index (χ0) is 24.8. The van der Waals surface area contributed by atoms with Gasteiger partial charge in [-0.25, -0.2) is 4.79 Å². The maximum atomic E-state index is 12.9. The zero-order valence-electron chi connectivity index (χ0n) is 20.8. The van der Waals surface area contributed by atoms with Gasteiger partial charge in [0.1, 0.15) is 6.61 Å². The molecule has 1 heterocycles. The van der Waals surface area contributed by atoms with Crippen molar-refractivity contribution in [3.63, 3.8) is 0 Å². The van der Waals surface area contributed by atoms with E-state index < -0.39 is 12.0 Å². The van der Waals surface area contributed by atoms with Gasteiger partial charge in [-0.2, -0.15) is 0 Å². The molecule has 1 aliphatic heterocycles. The fourth-order valence-corrected chi connectivity index (χ4v) is 4.34. The highest BCUT2D eigenvalue weighted by Gasteiger charge is 2.33. The van der Waals surface area contributed by atoms with Crippen LogP contribution in [0.5, 0.6) is 0 Å². The molecule has 8 heteroatoms. The Morgan fingerprint density at radius 1 is 1.27 bits per heavy atom. The number of methoxy groups -OCH3 is 1. The Labute approximate surface area is 202 Å². The Morgan fingerprint density at radius 2 is 1.97 bits per heavy atom. The number of allylic oxidation sites excluding steroid dienone is 1. The van der Waals surface area contributed by atoms with E-state index in [2.05, 4.69) is 38.3 Å². The summed E-state index contributed by atoms with van der Waals surface area (Å²) in [7, 11) is 3.36. The molecule has 182 valence electrons. The predicted octanol–water partition coefficient (Wildman–Crippen LogP) is 4.41. The van der Waals surface area contributed by atoms with Crippen molar-refractivity contribution in [2.75, 3.05) is 32.7 Å². The average Bonchev–Trinajstić information content (AvgIpc) is 2.70. The van der Waals surface area contributed by atoms with Gasteiger partial charge in [0.25, 0.3) is 0 Å². The van der Waals surface area contributed by atoms with Gasteiger partial charge in [0, 0.05) is 32.0 Å². The molecular formula is C25H37N3O4S. The van der Waals surface area contributed by atoms with Crippen LogP contribution in [-0.4, -0.2) is 49.3 Å². The molecule has 0 aromatic heterocycles. The first kappa shape index (κ1) is 26.8. The molecule has 2 unspecified atom stereocenters. The minimum absolute atomic E-state index is 0.0262. The van der Waals surface area contributed by atoms with Crippen LogP contribution < -0.4 is 10.6 Å². The molecule has 0 fully saturated rings. The van der Waals surface area contributed by atoms with Crippen molar-refractivity contribution in [1.82, 2.24) is 10.2 Å². The van der Waals surface area contributed by atoms with Gasteiger partial charge >= 0.3 is 5.97 Å². The lowest BCUT2D eigenvalue weighted by molar-refractivity contribution is -0.140. The SMILES string of the molecule is COCCOC(=O)C1=C(C)N(C)C(=S)NC1c1cccc(NC(=O)CC(C)CC(C)(C)C)c1. The summed E-state index contributed by atoms with van der Waals surface area (Å²) < 4.78 is 10.4. The van der Waals surface area contributed by atoms with E-state index in [0.29, 0.717) is 29.4 Å². The van der Waals surface area contributed by atoms with Gasteiger partial charge in [-0.1, -0.05) is 39.8 Å². The quantitative estimate of drug-likeness (QED) is 0.311. The lowest BCUT2D eigenvalue weighted by Crippen LogP contribution is -2.46. The third-order valence-corrected chi connectivity index (χ3v) is 5.88. The molecule has 0 bridgehead atoms. The first-order chi connectivity index (χ1) is 15.4. The van der Waals surface area contributed by atoms with Gasteiger partial charge in [-0.15, -0.1) is 0 Å². The van der Waals surface area contributed by atoms with Crippen molar-refractivity contribution < 1.29 is 19.1 Å². The number of nitrogens with zero attached hydrogens (tertiary/aromatic N) is 1. The van der Waals surface area contributed by atoms with Crippen molar-refractivity contribution in [1.29, 1.82) is 0 Å². The van der Waals surface area contributed by atoms with Crippen LogP contribution in [0.15, 0.2) is 35.5 Å². The van der Waals surface area contributed by atoms with Gasteiger partial charge in [0.15, 0.2) is 5.11 Å². The summed E-state index contributed by atoms with van der Waals surface area (Å²) in [6.45, 7) is 11.0. The second kappa shape index (κ2) is 11.6. The van der Waals surface area contributed by atoms with Crippen molar-refractivity contribution in [3.8, 4) is 0 Å². The largest absolute Gasteiger partial charge is 0.460 e. The van der Waals surface area contributed by atoms with Crippen molar-refractivity contribution in [2.24, 2.45) is 11.3 Å². The normalized spacial score (nSPS) is 17.5. The van der Waals surface area contributed by atoms with Crippen molar-refractivity contribution in [3.05, 3.63) is 41.1 Å². The number of amides is 1. The topological polar surface area (TPSA) is 79.9 Å². The maximum absolute atomic E-state index is 12.9. The lowest BCUT2D eigenvalue weighted by Gasteiger charge is -2.35. The van der Waals surface area contributed by atoms with Gasteiger partial charge in [0.05, 0.1) is 18.2 Å². The number of hydrogen-bond acceptors (Lipinski definition) is 5. The Morgan fingerprint density at radius 3 is 2.61 bits per heavy atom. The van der Waals surface area contributed by atoms with Gasteiger partial charge in [-0.3, -0.25) is 4.79 Å². The van der Waals surface area contributed by atoms with Crippen LogP contribution in [0.1, 0.15) is 59.1 Å². The summed E-state index contributed by atoms with van der Waals surface area (Å²) >= 11 is 5.46. The summed E-state index contributed by atoms with van der Waals surface area (Å²) in [6.07, 6.45) is 1.42. The first-order valence-corrected chi connectivity index (χ1v) is 11.6. The maximum Gasteiger partial charge on any atom is 0.338 e. The Hall–Kier alpha value is -2.45. The Bertz CT molecular complexity index is 907. The smallest absolute Gasteiger partial charge is 0.338 e. The summed E-state index contributed by atoms with van der Waals surface area (Å²) in [5, 5.41) is 6.73. The third kappa shape index (κ3) is 7.82. The van der Waals surface area contributed by atoms with E-state index in [1.165, 1.54) is 0 Å². The van der Waals surface area contributed by atoms with E-state index in [1.54, 1.807) is 19.1 Å². The van der Waals surface area contributed by atoms with Gasteiger partial charge < -0.3 is 25.0 Å². The molecule has 1 aliphatic rings. The van der Waals surface area contributed by atoms with Gasteiger partial charge in [-0.05, 0) is 54.6 Å². The number of nitrogens with one attached hydrogen (secondary N) is 2. The van der Waals surface area contributed by atoms with Crippen LogP contribution >= 0.6 is 12.2 Å². The molecule has 1 aromatic rings. The van der Waals surface area contributed by atoms with Crippen LogP contribution in [0.3, 0.4) is 0 Å². The molecular weight excluding hydrogens is 438 g/mol. The molecule has 2 atom stereocenters. The standard InChI is InChI=1S/C25H37N3O4S/c1-16(15-25(3,4)5)13-20(29)26-19-10-8-9-18(14-19)22-21(23(30)32-12-11-31-7)17(2)28(6)24(33)27-22/h8-10,14,16,22H,11-13,15H2,1-7H3,(H,26,29)(H,27,33). The molecule has 0 radical (unpaired) electrons. The fourth-order valence-electron chi connectivity index (χ4n) is 4.09. The van der Waals surface area contributed by atoms with Crippen LogP contribution in [0.25, 0.3) is 0 Å². The highest BCUT2D eigenvalue weighted by atomic mass is 32.1. The molecule has 7 nitrogen and oxygen atoms in total. The zero-order valence-corrected chi connectivity index (χ0v) is 21.6.